The van der Waals surface area contributed by atoms with Crippen LogP contribution < -0.4 is 15.1 Å². The first-order valence-corrected chi connectivity index (χ1v) is 9.31. The molecule has 2 aromatic rings. The largest absolute Gasteiger partial charge is 0.367 e. The summed E-state index contributed by atoms with van der Waals surface area (Å²) in [5.41, 5.74) is 2.80. The first-order chi connectivity index (χ1) is 12.8. The fraction of sp³-hybridized carbons (Fsp3) is 0.500. The highest BCUT2D eigenvalue weighted by Gasteiger charge is 2.22. The van der Waals surface area contributed by atoms with Crippen LogP contribution in [0.1, 0.15) is 32.0 Å². The van der Waals surface area contributed by atoms with E-state index in [-0.39, 0.29) is 5.91 Å². The summed E-state index contributed by atoms with van der Waals surface area (Å²) in [5.74, 6) is 1.58. The zero-order valence-corrected chi connectivity index (χ0v) is 16.8. The van der Waals surface area contributed by atoms with Gasteiger partial charge in [0.2, 0.25) is 5.91 Å². The SMILES string of the molecule is Cc1ncnc(N2CCN(c3ccc(NC(=O)C(C)(C)C)nc3)CC2)c1C. The van der Waals surface area contributed by atoms with Crippen LogP contribution in [0.2, 0.25) is 0 Å². The Bertz CT molecular complexity index is 804. The van der Waals surface area contributed by atoms with E-state index in [1.807, 2.05) is 46.0 Å². The van der Waals surface area contributed by atoms with Crippen LogP contribution in [0.15, 0.2) is 24.7 Å². The molecule has 3 rings (SSSR count). The highest BCUT2D eigenvalue weighted by atomic mass is 16.2. The maximum absolute atomic E-state index is 12.1. The summed E-state index contributed by atoms with van der Waals surface area (Å²) in [6.07, 6.45) is 3.46. The number of hydrogen-bond donors (Lipinski definition) is 1. The predicted molar refractivity (Wildman–Crippen MR) is 108 cm³/mol. The molecule has 7 nitrogen and oxygen atoms in total. The van der Waals surface area contributed by atoms with Crippen LogP contribution in [-0.4, -0.2) is 47.0 Å². The highest BCUT2D eigenvalue weighted by molar-refractivity contribution is 5.93. The van der Waals surface area contributed by atoms with Gasteiger partial charge >= 0.3 is 0 Å². The molecule has 0 unspecified atom stereocenters. The van der Waals surface area contributed by atoms with Crippen molar-refractivity contribution in [3.8, 4) is 0 Å². The van der Waals surface area contributed by atoms with E-state index < -0.39 is 5.41 Å². The number of carbonyl (C=O) groups is 1. The van der Waals surface area contributed by atoms with Crippen LogP contribution in [0, 0.1) is 19.3 Å². The molecular formula is C20H28N6O. The summed E-state index contributed by atoms with van der Waals surface area (Å²) < 4.78 is 0. The van der Waals surface area contributed by atoms with E-state index in [0.29, 0.717) is 5.82 Å². The number of carbonyl (C=O) groups excluding carboxylic acids is 1. The first-order valence-electron chi connectivity index (χ1n) is 9.31. The van der Waals surface area contributed by atoms with Gasteiger partial charge in [-0.25, -0.2) is 15.0 Å². The van der Waals surface area contributed by atoms with Crippen molar-refractivity contribution in [3.63, 3.8) is 0 Å². The molecule has 1 aliphatic rings. The van der Waals surface area contributed by atoms with Gasteiger partial charge in [-0.2, -0.15) is 0 Å². The van der Waals surface area contributed by atoms with Gasteiger partial charge in [0.25, 0.3) is 0 Å². The Balaban J connectivity index is 1.61. The third-order valence-electron chi connectivity index (χ3n) is 4.92. The molecule has 0 radical (unpaired) electrons. The quantitative estimate of drug-likeness (QED) is 0.898. The Hall–Kier alpha value is -2.70. The summed E-state index contributed by atoms with van der Waals surface area (Å²) in [6, 6.07) is 3.88. The van der Waals surface area contributed by atoms with Crippen molar-refractivity contribution >= 4 is 23.2 Å². The number of aromatic nitrogens is 3. The molecule has 1 N–H and O–H groups in total. The van der Waals surface area contributed by atoms with E-state index in [2.05, 4.69) is 37.0 Å². The van der Waals surface area contributed by atoms with Gasteiger partial charge in [-0.15, -0.1) is 0 Å². The van der Waals surface area contributed by atoms with Crippen LogP contribution in [0.25, 0.3) is 0 Å². The van der Waals surface area contributed by atoms with Crippen molar-refractivity contribution in [2.24, 2.45) is 5.41 Å². The van der Waals surface area contributed by atoms with E-state index in [1.54, 1.807) is 6.33 Å². The normalized spacial score (nSPS) is 15.0. The molecule has 0 spiro atoms. The monoisotopic (exact) mass is 368 g/mol. The number of piperazine rings is 1. The zero-order chi connectivity index (χ0) is 19.6. The van der Waals surface area contributed by atoms with Crippen LogP contribution in [0.5, 0.6) is 0 Å². The van der Waals surface area contributed by atoms with Crippen molar-refractivity contribution in [3.05, 3.63) is 35.9 Å². The second-order valence-electron chi connectivity index (χ2n) is 7.99. The maximum atomic E-state index is 12.1. The van der Waals surface area contributed by atoms with Gasteiger partial charge in [0.15, 0.2) is 0 Å². The summed E-state index contributed by atoms with van der Waals surface area (Å²) in [4.78, 5) is 29.8. The molecule has 0 atom stereocenters. The molecule has 0 bridgehead atoms. The van der Waals surface area contributed by atoms with E-state index in [4.69, 9.17) is 0 Å². The average Bonchev–Trinajstić information content (AvgIpc) is 2.64. The number of aryl methyl sites for hydroxylation is 1. The topological polar surface area (TPSA) is 74.2 Å². The maximum Gasteiger partial charge on any atom is 0.230 e. The van der Waals surface area contributed by atoms with Crippen molar-refractivity contribution in [1.29, 1.82) is 0 Å². The van der Waals surface area contributed by atoms with Crippen LogP contribution >= 0.6 is 0 Å². The number of pyridine rings is 1. The Kier molecular flexibility index (Phi) is 5.30. The van der Waals surface area contributed by atoms with Gasteiger partial charge in [0.1, 0.15) is 18.0 Å². The molecule has 1 aliphatic heterocycles. The number of anilines is 3. The standard InChI is InChI=1S/C20H28N6O/c1-14-15(2)22-13-23-18(14)26-10-8-25(9-11-26)16-6-7-17(21-12-16)24-19(27)20(3,4)5/h6-7,12-13H,8-11H2,1-5H3,(H,21,24,27). The molecule has 1 fully saturated rings. The summed E-state index contributed by atoms with van der Waals surface area (Å²) in [5, 5.41) is 2.86. The molecule has 7 heteroatoms. The van der Waals surface area contributed by atoms with E-state index in [9.17, 15) is 4.79 Å². The molecule has 144 valence electrons. The zero-order valence-electron chi connectivity index (χ0n) is 16.8. The number of amides is 1. The van der Waals surface area contributed by atoms with Crippen molar-refractivity contribution < 1.29 is 4.79 Å². The van der Waals surface area contributed by atoms with Gasteiger partial charge in [0.05, 0.1) is 11.9 Å². The third-order valence-corrected chi connectivity index (χ3v) is 4.92. The minimum Gasteiger partial charge on any atom is -0.367 e. The minimum atomic E-state index is -0.436. The molecule has 0 saturated carbocycles. The van der Waals surface area contributed by atoms with E-state index in [0.717, 1.165) is 48.9 Å². The van der Waals surface area contributed by atoms with Crippen molar-refractivity contribution in [1.82, 2.24) is 15.0 Å². The van der Waals surface area contributed by atoms with Gasteiger partial charge in [-0.3, -0.25) is 4.79 Å². The second-order valence-corrected chi connectivity index (χ2v) is 7.99. The second kappa shape index (κ2) is 7.50. The number of nitrogens with zero attached hydrogens (tertiary/aromatic N) is 5. The summed E-state index contributed by atoms with van der Waals surface area (Å²) >= 11 is 0. The molecule has 3 heterocycles. The molecule has 1 amide bonds. The Morgan fingerprint density at radius 3 is 2.26 bits per heavy atom. The Morgan fingerprint density at radius 1 is 1.00 bits per heavy atom. The lowest BCUT2D eigenvalue weighted by Crippen LogP contribution is -2.47. The smallest absolute Gasteiger partial charge is 0.230 e. The molecule has 0 aliphatic carbocycles. The van der Waals surface area contributed by atoms with E-state index >= 15 is 0 Å². The number of rotatable bonds is 3. The molecule has 27 heavy (non-hydrogen) atoms. The summed E-state index contributed by atoms with van der Waals surface area (Å²) in [6.45, 7) is 13.4. The minimum absolute atomic E-state index is 0.0353. The molecular weight excluding hydrogens is 340 g/mol. The third kappa shape index (κ3) is 4.35. The Morgan fingerprint density at radius 2 is 1.67 bits per heavy atom. The van der Waals surface area contributed by atoms with Crippen LogP contribution in [0.4, 0.5) is 17.3 Å². The molecule has 2 aromatic heterocycles. The van der Waals surface area contributed by atoms with Gasteiger partial charge in [-0.05, 0) is 26.0 Å². The highest BCUT2D eigenvalue weighted by Crippen LogP contribution is 2.23. The Labute approximate surface area is 160 Å². The molecule has 0 aromatic carbocycles. The average molecular weight is 368 g/mol. The van der Waals surface area contributed by atoms with Crippen LogP contribution in [0.3, 0.4) is 0 Å². The first kappa shape index (κ1) is 19.1. The molecule has 1 saturated heterocycles. The van der Waals surface area contributed by atoms with Gasteiger partial charge in [0, 0.05) is 42.9 Å². The number of nitrogens with one attached hydrogen (secondary N) is 1. The lowest BCUT2D eigenvalue weighted by atomic mass is 9.96. The van der Waals surface area contributed by atoms with Crippen molar-refractivity contribution in [2.45, 2.75) is 34.6 Å². The lowest BCUT2D eigenvalue weighted by Gasteiger charge is -2.37. The fourth-order valence-corrected chi connectivity index (χ4v) is 2.97. The predicted octanol–water partition coefficient (Wildman–Crippen LogP) is 2.80. The summed E-state index contributed by atoms with van der Waals surface area (Å²) in [7, 11) is 0. The van der Waals surface area contributed by atoms with Crippen LogP contribution in [-0.2, 0) is 4.79 Å². The van der Waals surface area contributed by atoms with Gasteiger partial charge in [-0.1, -0.05) is 20.8 Å². The van der Waals surface area contributed by atoms with Crippen molar-refractivity contribution in [2.75, 3.05) is 41.3 Å². The van der Waals surface area contributed by atoms with Gasteiger partial charge < -0.3 is 15.1 Å². The lowest BCUT2D eigenvalue weighted by molar-refractivity contribution is -0.123. The van der Waals surface area contributed by atoms with E-state index in [1.165, 1.54) is 0 Å². The fourth-order valence-electron chi connectivity index (χ4n) is 2.97. The number of hydrogen-bond acceptors (Lipinski definition) is 6.